The molecule has 2 rings (SSSR count). The SMILES string of the molecule is CSC(c1ccc(O)cc1)n1ccnc1. The summed E-state index contributed by atoms with van der Waals surface area (Å²) in [5.41, 5.74) is 1.15. The van der Waals surface area contributed by atoms with E-state index in [1.54, 1.807) is 36.4 Å². The lowest BCUT2D eigenvalue weighted by Crippen LogP contribution is -2.03. The highest BCUT2D eigenvalue weighted by Gasteiger charge is 2.10. The minimum atomic E-state index is 0.216. The second kappa shape index (κ2) is 4.40. The zero-order chi connectivity index (χ0) is 10.7. The molecule has 0 fully saturated rings. The van der Waals surface area contributed by atoms with Crippen LogP contribution in [0.5, 0.6) is 5.75 Å². The average Bonchev–Trinajstić information content (AvgIpc) is 2.75. The number of aromatic hydroxyl groups is 1. The van der Waals surface area contributed by atoms with Crippen LogP contribution in [0.3, 0.4) is 0 Å². The van der Waals surface area contributed by atoms with Gasteiger partial charge in [0, 0.05) is 12.4 Å². The number of rotatable bonds is 3. The molecule has 0 bridgehead atoms. The van der Waals surface area contributed by atoms with Crippen LogP contribution < -0.4 is 0 Å². The molecular formula is C11H12N2OS. The van der Waals surface area contributed by atoms with Crippen LogP contribution in [0, 0.1) is 0 Å². The van der Waals surface area contributed by atoms with Crippen molar-refractivity contribution < 1.29 is 5.11 Å². The van der Waals surface area contributed by atoms with Crippen LogP contribution >= 0.6 is 11.8 Å². The first kappa shape index (κ1) is 10.1. The van der Waals surface area contributed by atoms with Gasteiger partial charge in [-0.3, -0.25) is 0 Å². The predicted molar refractivity (Wildman–Crippen MR) is 62.0 cm³/mol. The maximum atomic E-state index is 9.22. The molecule has 78 valence electrons. The topological polar surface area (TPSA) is 38.0 Å². The number of phenols is 1. The zero-order valence-corrected chi connectivity index (χ0v) is 9.19. The highest BCUT2D eigenvalue weighted by atomic mass is 32.2. The zero-order valence-electron chi connectivity index (χ0n) is 8.37. The first-order valence-corrected chi connectivity index (χ1v) is 5.89. The largest absolute Gasteiger partial charge is 0.508 e. The van der Waals surface area contributed by atoms with Crippen LogP contribution in [0.4, 0.5) is 0 Å². The number of nitrogens with zero attached hydrogens (tertiary/aromatic N) is 2. The summed E-state index contributed by atoms with van der Waals surface area (Å²) >= 11 is 1.73. The van der Waals surface area contributed by atoms with Crippen molar-refractivity contribution in [3.8, 4) is 5.75 Å². The van der Waals surface area contributed by atoms with Gasteiger partial charge in [0.15, 0.2) is 0 Å². The molecule has 0 saturated carbocycles. The van der Waals surface area contributed by atoms with Crippen LogP contribution in [-0.4, -0.2) is 20.9 Å². The molecule has 1 aromatic carbocycles. The molecule has 1 heterocycles. The number of imidazole rings is 1. The van der Waals surface area contributed by atoms with Crippen LogP contribution in [-0.2, 0) is 0 Å². The Morgan fingerprint density at radius 3 is 2.60 bits per heavy atom. The molecule has 0 spiro atoms. The smallest absolute Gasteiger partial charge is 0.115 e. The van der Waals surface area contributed by atoms with Gasteiger partial charge in [0.1, 0.15) is 11.1 Å². The molecule has 0 amide bonds. The van der Waals surface area contributed by atoms with Gasteiger partial charge in [-0.25, -0.2) is 4.98 Å². The molecule has 2 aromatic rings. The number of phenolic OH excluding ortho intramolecular Hbond substituents is 1. The fourth-order valence-electron chi connectivity index (χ4n) is 1.48. The monoisotopic (exact) mass is 220 g/mol. The number of hydrogen-bond acceptors (Lipinski definition) is 3. The Kier molecular flexibility index (Phi) is 2.97. The molecule has 1 atom stereocenters. The first-order chi connectivity index (χ1) is 7.31. The fourth-order valence-corrected chi connectivity index (χ4v) is 2.27. The van der Waals surface area contributed by atoms with Gasteiger partial charge in [0.25, 0.3) is 0 Å². The first-order valence-electron chi connectivity index (χ1n) is 4.60. The highest BCUT2D eigenvalue weighted by Crippen LogP contribution is 2.28. The third kappa shape index (κ3) is 2.15. The van der Waals surface area contributed by atoms with Crippen LogP contribution in [0.25, 0.3) is 0 Å². The summed E-state index contributed by atoms with van der Waals surface area (Å²) in [4.78, 5) is 4.03. The van der Waals surface area contributed by atoms with Crippen molar-refractivity contribution in [2.75, 3.05) is 6.26 Å². The molecular weight excluding hydrogens is 208 g/mol. The summed E-state index contributed by atoms with van der Waals surface area (Å²) in [5.74, 6) is 0.296. The van der Waals surface area contributed by atoms with E-state index in [4.69, 9.17) is 0 Å². The number of thioether (sulfide) groups is 1. The Hall–Kier alpha value is -1.42. The molecule has 1 unspecified atom stereocenters. The Morgan fingerprint density at radius 1 is 1.33 bits per heavy atom. The Morgan fingerprint density at radius 2 is 2.07 bits per heavy atom. The minimum absolute atomic E-state index is 0.216. The molecule has 1 N–H and O–H groups in total. The summed E-state index contributed by atoms with van der Waals surface area (Å²) in [6, 6.07) is 7.26. The van der Waals surface area contributed by atoms with Crippen molar-refractivity contribution in [3.05, 3.63) is 48.5 Å². The van der Waals surface area contributed by atoms with Crippen molar-refractivity contribution >= 4 is 11.8 Å². The lowest BCUT2D eigenvalue weighted by molar-refractivity contribution is 0.475. The maximum absolute atomic E-state index is 9.22. The molecule has 0 aliphatic carbocycles. The fraction of sp³-hybridized carbons (Fsp3) is 0.182. The van der Waals surface area contributed by atoms with Crippen LogP contribution in [0.1, 0.15) is 10.9 Å². The van der Waals surface area contributed by atoms with Gasteiger partial charge in [-0.2, -0.15) is 0 Å². The van der Waals surface area contributed by atoms with Crippen molar-refractivity contribution in [3.63, 3.8) is 0 Å². The third-order valence-corrected chi connectivity index (χ3v) is 3.16. The van der Waals surface area contributed by atoms with E-state index < -0.39 is 0 Å². The molecule has 15 heavy (non-hydrogen) atoms. The molecule has 0 aliphatic rings. The molecule has 3 nitrogen and oxygen atoms in total. The molecule has 1 aromatic heterocycles. The van der Waals surface area contributed by atoms with Crippen molar-refractivity contribution in [1.82, 2.24) is 9.55 Å². The lowest BCUT2D eigenvalue weighted by atomic mass is 10.2. The van der Waals surface area contributed by atoms with E-state index in [0.29, 0.717) is 5.75 Å². The summed E-state index contributed by atoms with van der Waals surface area (Å²) in [6.07, 6.45) is 7.56. The number of aromatic nitrogens is 2. The van der Waals surface area contributed by atoms with Gasteiger partial charge in [0.2, 0.25) is 0 Å². The number of benzene rings is 1. The quantitative estimate of drug-likeness (QED) is 0.863. The number of hydrogen-bond donors (Lipinski definition) is 1. The molecule has 4 heteroatoms. The Bertz CT molecular complexity index is 411. The van der Waals surface area contributed by atoms with Crippen molar-refractivity contribution in [2.24, 2.45) is 0 Å². The van der Waals surface area contributed by atoms with Crippen LogP contribution in [0.2, 0.25) is 0 Å². The van der Waals surface area contributed by atoms with E-state index in [0.717, 1.165) is 5.56 Å². The standard InChI is InChI=1S/C11H12N2OS/c1-15-11(13-7-6-12-8-13)9-2-4-10(14)5-3-9/h2-8,11,14H,1H3. The van der Waals surface area contributed by atoms with E-state index in [-0.39, 0.29) is 5.37 Å². The van der Waals surface area contributed by atoms with Gasteiger partial charge in [0.05, 0.1) is 6.33 Å². The Labute approximate surface area is 92.8 Å². The van der Waals surface area contributed by atoms with E-state index in [1.807, 2.05) is 22.9 Å². The summed E-state index contributed by atoms with van der Waals surface area (Å²) < 4.78 is 2.04. The maximum Gasteiger partial charge on any atom is 0.115 e. The van der Waals surface area contributed by atoms with Gasteiger partial charge < -0.3 is 9.67 Å². The predicted octanol–water partition coefficient (Wildman–Crippen LogP) is 2.50. The normalized spacial score (nSPS) is 12.6. The van der Waals surface area contributed by atoms with Gasteiger partial charge >= 0.3 is 0 Å². The van der Waals surface area contributed by atoms with Gasteiger partial charge in [-0.05, 0) is 24.0 Å². The van der Waals surface area contributed by atoms with Crippen molar-refractivity contribution in [2.45, 2.75) is 5.37 Å². The second-order valence-electron chi connectivity index (χ2n) is 3.19. The average molecular weight is 220 g/mol. The van der Waals surface area contributed by atoms with E-state index in [1.165, 1.54) is 0 Å². The molecule has 0 radical (unpaired) electrons. The van der Waals surface area contributed by atoms with E-state index in [9.17, 15) is 5.11 Å². The van der Waals surface area contributed by atoms with E-state index in [2.05, 4.69) is 11.2 Å². The summed E-state index contributed by atoms with van der Waals surface area (Å²) in [5, 5.41) is 9.43. The Balaban J connectivity index is 2.31. The van der Waals surface area contributed by atoms with Crippen LogP contribution in [0.15, 0.2) is 43.0 Å². The van der Waals surface area contributed by atoms with Crippen molar-refractivity contribution in [1.29, 1.82) is 0 Å². The minimum Gasteiger partial charge on any atom is -0.508 e. The third-order valence-electron chi connectivity index (χ3n) is 2.20. The lowest BCUT2D eigenvalue weighted by Gasteiger charge is -2.16. The molecule has 0 aliphatic heterocycles. The summed E-state index contributed by atoms with van der Waals surface area (Å²) in [7, 11) is 0. The molecule has 0 saturated heterocycles. The highest BCUT2D eigenvalue weighted by molar-refractivity contribution is 7.98. The van der Waals surface area contributed by atoms with E-state index >= 15 is 0 Å². The van der Waals surface area contributed by atoms with Gasteiger partial charge in [-0.15, -0.1) is 11.8 Å². The summed E-state index contributed by atoms with van der Waals surface area (Å²) in [6.45, 7) is 0. The van der Waals surface area contributed by atoms with Gasteiger partial charge in [-0.1, -0.05) is 12.1 Å². The second-order valence-corrected chi connectivity index (χ2v) is 4.11.